The zero-order chi connectivity index (χ0) is 12.8. The molecule has 6 heteroatoms. The van der Waals surface area contributed by atoms with Crippen molar-refractivity contribution in [2.75, 3.05) is 6.61 Å². The van der Waals surface area contributed by atoms with E-state index in [9.17, 15) is 9.59 Å². The molecule has 1 heterocycles. The highest BCUT2D eigenvalue weighted by atomic mass is 16.4. The fraction of sp³-hybridized carbons (Fsp3) is 0.364. The number of carboxylic acid groups (broad SMARTS) is 1. The summed E-state index contributed by atoms with van der Waals surface area (Å²) in [5.74, 6) is -1.75. The van der Waals surface area contributed by atoms with Crippen molar-refractivity contribution < 1.29 is 19.8 Å². The molecule has 1 amide bonds. The molecule has 0 spiro atoms. The Balaban J connectivity index is 2.85. The molecule has 92 valence electrons. The number of carboxylic acids is 1. The van der Waals surface area contributed by atoms with Gasteiger partial charge in [0.05, 0.1) is 5.56 Å². The molecule has 0 aliphatic heterocycles. The van der Waals surface area contributed by atoms with Gasteiger partial charge in [-0.3, -0.25) is 9.78 Å². The third-order valence-electron chi connectivity index (χ3n) is 2.19. The molecule has 0 fully saturated rings. The molecule has 0 saturated carbocycles. The number of aromatic nitrogens is 1. The van der Waals surface area contributed by atoms with Gasteiger partial charge < -0.3 is 15.5 Å². The number of nitrogens with one attached hydrogen (secondary N) is 1. The van der Waals surface area contributed by atoms with Gasteiger partial charge >= 0.3 is 5.97 Å². The van der Waals surface area contributed by atoms with Crippen molar-refractivity contribution in [3.63, 3.8) is 0 Å². The first kappa shape index (κ1) is 13.1. The fourth-order valence-electron chi connectivity index (χ4n) is 1.32. The van der Waals surface area contributed by atoms with Gasteiger partial charge in [-0.25, -0.2) is 4.79 Å². The van der Waals surface area contributed by atoms with Crippen LogP contribution in [0.5, 0.6) is 0 Å². The van der Waals surface area contributed by atoms with Gasteiger partial charge in [0.25, 0.3) is 5.91 Å². The van der Waals surface area contributed by atoms with Crippen LogP contribution in [-0.4, -0.2) is 39.7 Å². The van der Waals surface area contributed by atoms with Gasteiger partial charge in [0.15, 0.2) is 0 Å². The van der Waals surface area contributed by atoms with E-state index >= 15 is 0 Å². The standard InChI is InChI=1S/C11H14N2O4/c1-7(4-6-14)13-10(15)9-8(11(16)17)3-2-5-12-9/h2-3,5,7,14H,4,6H2,1H3,(H,13,15)(H,16,17). The first-order valence-electron chi connectivity index (χ1n) is 5.16. The number of hydrogen-bond acceptors (Lipinski definition) is 4. The number of amides is 1. The lowest BCUT2D eigenvalue weighted by atomic mass is 10.1. The van der Waals surface area contributed by atoms with E-state index in [0.29, 0.717) is 6.42 Å². The van der Waals surface area contributed by atoms with Crippen molar-refractivity contribution in [1.29, 1.82) is 0 Å². The molecule has 0 bridgehead atoms. The number of aliphatic hydroxyl groups is 1. The van der Waals surface area contributed by atoms with E-state index in [2.05, 4.69) is 10.3 Å². The van der Waals surface area contributed by atoms with Crippen LogP contribution in [0, 0.1) is 0 Å². The van der Waals surface area contributed by atoms with E-state index in [1.165, 1.54) is 18.3 Å². The molecule has 0 radical (unpaired) electrons. The van der Waals surface area contributed by atoms with Crippen molar-refractivity contribution in [3.05, 3.63) is 29.6 Å². The van der Waals surface area contributed by atoms with Crippen LogP contribution in [0.15, 0.2) is 18.3 Å². The molecular formula is C11H14N2O4. The molecule has 1 aromatic heterocycles. The Morgan fingerprint density at radius 3 is 2.82 bits per heavy atom. The van der Waals surface area contributed by atoms with E-state index in [4.69, 9.17) is 10.2 Å². The second kappa shape index (κ2) is 5.95. The third kappa shape index (κ3) is 3.53. The van der Waals surface area contributed by atoms with Crippen molar-refractivity contribution >= 4 is 11.9 Å². The Labute approximate surface area is 98.3 Å². The average molecular weight is 238 g/mol. The Hall–Kier alpha value is -1.95. The van der Waals surface area contributed by atoms with Crippen LogP contribution in [0.1, 0.15) is 34.2 Å². The van der Waals surface area contributed by atoms with Gasteiger partial charge in [-0.15, -0.1) is 0 Å². The second-order valence-electron chi connectivity index (χ2n) is 3.59. The number of aromatic carboxylic acids is 1. The minimum Gasteiger partial charge on any atom is -0.478 e. The molecule has 1 rings (SSSR count). The Kier molecular flexibility index (Phi) is 4.59. The average Bonchev–Trinajstić information content (AvgIpc) is 2.29. The monoisotopic (exact) mass is 238 g/mol. The van der Waals surface area contributed by atoms with E-state index in [1.54, 1.807) is 6.92 Å². The number of pyridine rings is 1. The van der Waals surface area contributed by atoms with E-state index in [-0.39, 0.29) is 23.9 Å². The largest absolute Gasteiger partial charge is 0.478 e. The molecule has 1 atom stereocenters. The van der Waals surface area contributed by atoms with Crippen LogP contribution < -0.4 is 5.32 Å². The zero-order valence-corrected chi connectivity index (χ0v) is 9.38. The lowest BCUT2D eigenvalue weighted by molar-refractivity contribution is 0.0689. The van der Waals surface area contributed by atoms with Gasteiger partial charge in [0, 0.05) is 18.8 Å². The van der Waals surface area contributed by atoms with Gasteiger partial charge in [0.1, 0.15) is 5.69 Å². The normalized spacial score (nSPS) is 11.9. The van der Waals surface area contributed by atoms with Crippen molar-refractivity contribution in [2.24, 2.45) is 0 Å². The van der Waals surface area contributed by atoms with Crippen LogP contribution in [-0.2, 0) is 0 Å². The second-order valence-corrected chi connectivity index (χ2v) is 3.59. The maximum atomic E-state index is 11.7. The Bertz CT molecular complexity index is 420. The van der Waals surface area contributed by atoms with Gasteiger partial charge in [-0.2, -0.15) is 0 Å². The number of carbonyl (C=O) groups excluding carboxylic acids is 1. The van der Waals surface area contributed by atoms with Gasteiger partial charge in [0.2, 0.25) is 0 Å². The number of hydrogen-bond donors (Lipinski definition) is 3. The SMILES string of the molecule is CC(CCO)NC(=O)c1ncccc1C(=O)O. The van der Waals surface area contributed by atoms with E-state index in [1.807, 2.05) is 0 Å². The van der Waals surface area contributed by atoms with Crippen LogP contribution in [0.4, 0.5) is 0 Å². The molecule has 0 saturated heterocycles. The summed E-state index contributed by atoms with van der Waals surface area (Å²) >= 11 is 0. The minimum absolute atomic E-state index is 0.0462. The molecular weight excluding hydrogens is 224 g/mol. The predicted molar refractivity (Wildman–Crippen MR) is 59.8 cm³/mol. The first-order chi connectivity index (χ1) is 8.06. The maximum Gasteiger partial charge on any atom is 0.338 e. The molecule has 6 nitrogen and oxygen atoms in total. The van der Waals surface area contributed by atoms with Gasteiger partial charge in [-0.05, 0) is 25.5 Å². The Morgan fingerprint density at radius 1 is 1.53 bits per heavy atom. The fourth-order valence-corrected chi connectivity index (χ4v) is 1.32. The van der Waals surface area contributed by atoms with Crippen LogP contribution in [0.25, 0.3) is 0 Å². The zero-order valence-electron chi connectivity index (χ0n) is 9.38. The number of rotatable bonds is 5. The summed E-state index contributed by atoms with van der Waals surface area (Å²) in [5, 5.41) is 20.2. The topological polar surface area (TPSA) is 99.5 Å². The lowest BCUT2D eigenvalue weighted by Crippen LogP contribution is -2.34. The summed E-state index contributed by atoms with van der Waals surface area (Å²) in [6.45, 7) is 1.67. The summed E-state index contributed by atoms with van der Waals surface area (Å²) in [5.41, 5.74) is -0.258. The van der Waals surface area contributed by atoms with E-state index in [0.717, 1.165) is 0 Å². The molecule has 0 aliphatic carbocycles. The molecule has 0 aromatic carbocycles. The summed E-state index contributed by atoms with van der Waals surface area (Å²) < 4.78 is 0. The molecule has 3 N–H and O–H groups in total. The van der Waals surface area contributed by atoms with E-state index < -0.39 is 11.9 Å². The number of carbonyl (C=O) groups is 2. The quantitative estimate of drug-likeness (QED) is 0.684. The van der Waals surface area contributed by atoms with Crippen LogP contribution >= 0.6 is 0 Å². The highest BCUT2D eigenvalue weighted by molar-refractivity contribution is 6.03. The number of nitrogens with zero attached hydrogens (tertiary/aromatic N) is 1. The molecule has 1 unspecified atom stereocenters. The van der Waals surface area contributed by atoms with Crippen LogP contribution in [0.3, 0.4) is 0 Å². The van der Waals surface area contributed by atoms with Gasteiger partial charge in [-0.1, -0.05) is 0 Å². The molecule has 1 aromatic rings. The summed E-state index contributed by atoms with van der Waals surface area (Å²) in [4.78, 5) is 26.4. The summed E-state index contributed by atoms with van der Waals surface area (Å²) in [6, 6.07) is 2.54. The Morgan fingerprint density at radius 2 is 2.24 bits per heavy atom. The first-order valence-corrected chi connectivity index (χ1v) is 5.16. The third-order valence-corrected chi connectivity index (χ3v) is 2.19. The van der Waals surface area contributed by atoms with Crippen LogP contribution in [0.2, 0.25) is 0 Å². The maximum absolute atomic E-state index is 11.7. The molecule has 0 aliphatic rings. The summed E-state index contributed by atoms with van der Waals surface area (Å²) in [7, 11) is 0. The summed E-state index contributed by atoms with van der Waals surface area (Å²) in [6.07, 6.45) is 1.76. The van der Waals surface area contributed by atoms with Crippen molar-refractivity contribution in [2.45, 2.75) is 19.4 Å². The predicted octanol–water partition coefficient (Wildman–Crippen LogP) is 0.280. The molecule has 17 heavy (non-hydrogen) atoms. The van der Waals surface area contributed by atoms with Crippen molar-refractivity contribution in [1.82, 2.24) is 10.3 Å². The minimum atomic E-state index is -1.20. The number of aliphatic hydroxyl groups excluding tert-OH is 1. The highest BCUT2D eigenvalue weighted by Crippen LogP contribution is 2.05. The van der Waals surface area contributed by atoms with Crippen molar-refractivity contribution in [3.8, 4) is 0 Å². The smallest absolute Gasteiger partial charge is 0.338 e. The highest BCUT2D eigenvalue weighted by Gasteiger charge is 2.18. The lowest BCUT2D eigenvalue weighted by Gasteiger charge is -2.12.